The minimum atomic E-state index is 0.484. The van der Waals surface area contributed by atoms with Gasteiger partial charge in [-0.15, -0.1) is 0 Å². The van der Waals surface area contributed by atoms with Crippen LogP contribution < -0.4 is 10.1 Å². The zero-order chi connectivity index (χ0) is 13.4. The van der Waals surface area contributed by atoms with E-state index in [-0.39, 0.29) is 0 Å². The molecule has 1 aromatic heterocycles. The summed E-state index contributed by atoms with van der Waals surface area (Å²) in [7, 11) is 0. The van der Waals surface area contributed by atoms with Gasteiger partial charge in [-0.2, -0.15) is 0 Å². The van der Waals surface area contributed by atoms with E-state index in [0.29, 0.717) is 12.0 Å². The van der Waals surface area contributed by atoms with Gasteiger partial charge in [-0.3, -0.25) is 4.98 Å². The first kappa shape index (κ1) is 15.0. The van der Waals surface area contributed by atoms with Crippen molar-refractivity contribution in [2.45, 2.75) is 53.1 Å². The van der Waals surface area contributed by atoms with E-state index in [4.69, 9.17) is 4.74 Å². The van der Waals surface area contributed by atoms with Gasteiger partial charge in [0.2, 0.25) is 0 Å². The maximum Gasteiger partial charge on any atom is 0.137 e. The number of hydrogen-bond acceptors (Lipinski definition) is 3. The van der Waals surface area contributed by atoms with E-state index in [1.54, 1.807) is 0 Å². The fourth-order valence-corrected chi connectivity index (χ4v) is 1.72. The normalized spacial score (nSPS) is 12.7. The van der Waals surface area contributed by atoms with Crippen molar-refractivity contribution in [2.24, 2.45) is 5.92 Å². The van der Waals surface area contributed by atoms with E-state index in [1.165, 1.54) is 12.8 Å². The van der Waals surface area contributed by atoms with Crippen LogP contribution in [-0.4, -0.2) is 17.6 Å². The number of pyridine rings is 1. The fraction of sp³-hybridized carbons (Fsp3) is 0.667. The smallest absolute Gasteiger partial charge is 0.137 e. The van der Waals surface area contributed by atoms with Crippen molar-refractivity contribution < 1.29 is 4.74 Å². The molecule has 0 bridgehead atoms. The molecule has 0 amide bonds. The van der Waals surface area contributed by atoms with Gasteiger partial charge in [0.05, 0.1) is 18.5 Å². The van der Waals surface area contributed by atoms with Crippen molar-refractivity contribution in [3.05, 3.63) is 24.0 Å². The first-order valence-electron chi connectivity index (χ1n) is 6.93. The third-order valence-corrected chi connectivity index (χ3v) is 2.81. The van der Waals surface area contributed by atoms with Crippen LogP contribution in [0.1, 0.15) is 46.2 Å². The first-order valence-corrected chi connectivity index (χ1v) is 6.93. The van der Waals surface area contributed by atoms with Crippen molar-refractivity contribution in [3.8, 4) is 5.75 Å². The lowest BCUT2D eigenvalue weighted by atomic mass is 10.1. The van der Waals surface area contributed by atoms with Gasteiger partial charge in [0.1, 0.15) is 5.75 Å². The van der Waals surface area contributed by atoms with Crippen molar-refractivity contribution in [1.82, 2.24) is 10.3 Å². The van der Waals surface area contributed by atoms with Crippen LogP contribution in [0.2, 0.25) is 0 Å². The van der Waals surface area contributed by atoms with Gasteiger partial charge in [0, 0.05) is 12.6 Å². The fourth-order valence-electron chi connectivity index (χ4n) is 1.72. The molecule has 0 fully saturated rings. The van der Waals surface area contributed by atoms with Crippen molar-refractivity contribution in [2.75, 3.05) is 6.61 Å². The molecule has 0 saturated carbocycles. The monoisotopic (exact) mass is 250 g/mol. The molecule has 3 heteroatoms. The van der Waals surface area contributed by atoms with Gasteiger partial charge >= 0.3 is 0 Å². The van der Waals surface area contributed by atoms with E-state index < -0.39 is 0 Å². The van der Waals surface area contributed by atoms with Crippen LogP contribution in [0.25, 0.3) is 0 Å². The van der Waals surface area contributed by atoms with E-state index in [0.717, 1.165) is 24.6 Å². The highest BCUT2D eigenvalue weighted by Gasteiger charge is 2.03. The van der Waals surface area contributed by atoms with Gasteiger partial charge in [0.25, 0.3) is 0 Å². The Hall–Kier alpha value is -1.09. The van der Waals surface area contributed by atoms with E-state index >= 15 is 0 Å². The Bertz CT molecular complexity index is 322. The largest absolute Gasteiger partial charge is 0.492 e. The summed E-state index contributed by atoms with van der Waals surface area (Å²) in [5.74, 6) is 1.48. The summed E-state index contributed by atoms with van der Waals surface area (Å²) in [6.07, 6.45) is 4.24. The lowest BCUT2D eigenvalue weighted by Gasteiger charge is -2.12. The summed E-state index contributed by atoms with van der Waals surface area (Å²) in [5.41, 5.74) is 1.05. The predicted molar refractivity (Wildman–Crippen MR) is 75.8 cm³/mol. The number of aromatic nitrogens is 1. The molecule has 1 N–H and O–H groups in total. The van der Waals surface area contributed by atoms with Crippen molar-refractivity contribution in [1.29, 1.82) is 0 Å². The molecule has 1 aromatic rings. The Labute approximate surface area is 111 Å². The highest BCUT2D eigenvalue weighted by atomic mass is 16.5. The van der Waals surface area contributed by atoms with Gasteiger partial charge in [-0.25, -0.2) is 0 Å². The van der Waals surface area contributed by atoms with Gasteiger partial charge in [-0.05, 0) is 24.5 Å². The van der Waals surface area contributed by atoms with Crippen molar-refractivity contribution >= 4 is 0 Å². The molecule has 0 spiro atoms. The Morgan fingerprint density at radius 1 is 1.28 bits per heavy atom. The molecule has 0 aliphatic rings. The first-order chi connectivity index (χ1) is 8.61. The summed E-state index contributed by atoms with van der Waals surface area (Å²) in [5, 5.41) is 3.34. The second kappa shape index (κ2) is 8.09. The average molecular weight is 250 g/mol. The second-order valence-corrected chi connectivity index (χ2v) is 5.23. The third-order valence-electron chi connectivity index (χ3n) is 2.81. The van der Waals surface area contributed by atoms with Crippen LogP contribution in [0.5, 0.6) is 5.75 Å². The minimum absolute atomic E-state index is 0.484. The molecule has 3 nitrogen and oxygen atoms in total. The Kier molecular flexibility index (Phi) is 6.73. The number of rotatable bonds is 8. The SMILES string of the molecule is CCCC(C)COc1ccc(CNC(C)C)nc1. The Balaban J connectivity index is 2.35. The average Bonchev–Trinajstić information content (AvgIpc) is 2.35. The molecule has 1 atom stereocenters. The van der Waals surface area contributed by atoms with E-state index in [9.17, 15) is 0 Å². The summed E-state index contributed by atoms with van der Waals surface area (Å²) in [6, 6.07) is 4.51. The van der Waals surface area contributed by atoms with Crippen LogP contribution in [0, 0.1) is 5.92 Å². The molecule has 18 heavy (non-hydrogen) atoms. The van der Waals surface area contributed by atoms with Crippen molar-refractivity contribution in [3.63, 3.8) is 0 Å². The van der Waals surface area contributed by atoms with Crippen LogP contribution >= 0.6 is 0 Å². The molecule has 0 saturated heterocycles. The lowest BCUT2D eigenvalue weighted by molar-refractivity contribution is 0.250. The number of nitrogens with zero attached hydrogens (tertiary/aromatic N) is 1. The molecule has 1 heterocycles. The molecular formula is C15H26N2O. The Morgan fingerprint density at radius 2 is 2.06 bits per heavy atom. The molecule has 1 rings (SSSR count). The summed E-state index contributed by atoms with van der Waals surface area (Å²) >= 11 is 0. The van der Waals surface area contributed by atoms with Gasteiger partial charge < -0.3 is 10.1 Å². The highest BCUT2D eigenvalue weighted by molar-refractivity contribution is 5.19. The zero-order valence-corrected chi connectivity index (χ0v) is 12.1. The van der Waals surface area contributed by atoms with E-state index in [1.807, 2.05) is 18.3 Å². The molecule has 102 valence electrons. The Morgan fingerprint density at radius 3 is 2.61 bits per heavy atom. The van der Waals surface area contributed by atoms with Crippen LogP contribution in [0.15, 0.2) is 18.3 Å². The van der Waals surface area contributed by atoms with Crippen LogP contribution in [-0.2, 0) is 6.54 Å². The summed E-state index contributed by atoms with van der Waals surface area (Å²) in [6.45, 7) is 10.3. The predicted octanol–water partition coefficient (Wildman–Crippen LogP) is 3.39. The summed E-state index contributed by atoms with van der Waals surface area (Å²) in [4.78, 5) is 4.39. The number of ether oxygens (including phenoxy) is 1. The lowest BCUT2D eigenvalue weighted by Crippen LogP contribution is -2.22. The molecule has 0 aliphatic heterocycles. The minimum Gasteiger partial charge on any atom is -0.492 e. The van der Waals surface area contributed by atoms with Crippen LogP contribution in [0.3, 0.4) is 0 Å². The van der Waals surface area contributed by atoms with Gasteiger partial charge in [-0.1, -0.05) is 34.1 Å². The maximum absolute atomic E-state index is 5.72. The number of nitrogens with one attached hydrogen (secondary N) is 1. The molecule has 1 unspecified atom stereocenters. The van der Waals surface area contributed by atoms with Crippen LogP contribution in [0.4, 0.5) is 0 Å². The van der Waals surface area contributed by atoms with E-state index in [2.05, 4.69) is 38.0 Å². The standard InChI is InChI=1S/C15H26N2O/c1-5-6-13(4)11-18-15-8-7-14(17-10-15)9-16-12(2)3/h7-8,10,12-13,16H,5-6,9,11H2,1-4H3. The highest BCUT2D eigenvalue weighted by Crippen LogP contribution is 2.12. The zero-order valence-electron chi connectivity index (χ0n) is 12.1. The maximum atomic E-state index is 5.72. The quantitative estimate of drug-likeness (QED) is 0.768. The third kappa shape index (κ3) is 6.01. The molecule has 0 aliphatic carbocycles. The molecular weight excluding hydrogens is 224 g/mol. The molecule has 0 radical (unpaired) electrons. The summed E-state index contributed by atoms with van der Waals surface area (Å²) < 4.78 is 5.72. The topological polar surface area (TPSA) is 34.1 Å². The second-order valence-electron chi connectivity index (χ2n) is 5.23. The molecule has 0 aromatic carbocycles. The number of hydrogen-bond donors (Lipinski definition) is 1. The van der Waals surface area contributed by atoms with Gasteiger partial charge in [0.15, 0.2) is 0 Å².